The molecule has 0 atom stereocenters. The van der Waals surface area contributed by atoms with Crippen molar-refractivity contribution < 1.29 is 21.9 Å². The van der Waals surface area contributed by atoms with E-state index in [1.54, 1.807) is 19.2 Å². The third kappa shape index (κ3) is 8.52. The van der Waals surface area contributed by atoms with Crippen LogP contribution in [-0.4, -0.2) is 34.8 Å². The molecule has 0 fully saturated rings. The Morgan fingerprint density at radius 3 is 2.37 bits per heavy atom. The predicted molar refractivity (Wildman–Crippen MR) is 125 cm³/mol. The smallest absolute Gasteiger partial charge is 0.191 e. The lowest BCUT2D eigenvalue weighted by Gasteiger charge is -2.15. The second-order valence-corrected chi connectivity index (χ2v) is 8.76. The standard InChI is InChI=1S/C20H25F2N3O3S.HI/c1-23-20(24-10-14-4-7-19(22)17(8-14)12-28-2)25-11-16-9-18(21)6-5-15(16)13-29(3,26)27;/h4-9H,10-13H2,1-3H3,(H2,23,24,25);1H. The molecule has 0 saturated heterocycles. The molecule has 0 radical (unpaired) electrons. The van der Waals surface area contributed by atoms with Gasteiger partial charge in [0.15, 0.2) is 15.8 Å². The van der Waals surface area contributed by atoms with Gasteiger partial charge in [-0.05, 0) is 41.0 Å². The van der Waals surface area contributed by atoms with Crippen LogP contribution >= 0.6 is 24.0 Å². The fourth-order valence-corrected chi connectivity index (χ4v) is 3.62. The van der Waals surface area contributed by atoms with E-state index in [0.717, 1.165) is 11.8 Å². The number of benzene rings is 2. The van der Waals surface area contributed by atoms with Gasteiger partial charge in [0.25, 0.3) is 0 Å². The van der Waals surface area contributed by atoms with Gasteiger partial charge in [0.2, 0.25) is 0 Å². The molecule has 0 amide bonds. The summed E-state index contributed by atoms with van der Waals surface area (Å²) in [7, 11) is -0.169. The molecule has 0 aromatic heterocycles. The number of sulfone groups is 1. The molecule has 30 heavy (non-hydrogen) atoms. The first-order valence-electron chi connectivity index (χ1n) is 8.87. The van der Waals surface area contributed by atoms with Crippen LogP contribution in [-0.2, 0) is 40.0 Å². The lowest BCUT2D eigenvalue weighted by molar-refractivity contribution is 0.181. The van der Waals surface area contributed by atoms with Gasteiger partial charge in [0.05, 0.1) is 12.4 Å². The minimum atomic E-state index is -3.25. The predicted octanol–water partition coefficient (Wildman–Crippen LogP) is 3.14. The highest BCUT2D eigenvalue weighted by Gasteiger charge is 2.11. The number of aliphatic imine (C=N–C) groups is 1. The van der Waals surface area contributed by atoms with Crippen LogP contribution in [0.3, 0.4) is 0 Å². The Balaban J connectivity index is 0.00000450. The maximum atomic E-state index is 13.7. The van der Waals surface area contributed by atoms with Crippen molar-refractivity contribution in [3.63, 3.8) is 0 Å². The van der Waals surface area contributed by atoms with Crippen molar-refractivity contribution >= 4 is 39.8 Å². The van der Waals surface area contributed by atoms with Gasteiger partial charge in [0, 0.05) is 39.1 Å². The molecule has 166 valence electrons. The number of rotatable bonds is 8. The molecule has 0 aliphatic carbocycles. The summed E-state index contributed by atoms with van der Waals surface area (Å²) in [6, 6.07) is 8.76. The van der Waals surface area contributed by atoms with Crippen molar-refractivity contribution in [2.45, 2.75) is 25.4 Å². The number of ether oxygens (including phenoxy) is 1. The average Bonchev–Trinajstić information content (AvgIpc) is 2.65. The summed E-state index contributed by atoms with van der Waals surface area (Å²) < 4.78 is 55.5. The Kier molecular flexibility index (Phi) is 10.6. The molecule has 0 spiro atoms. The van der Waals surface area contributed by atoms with Crippen molar-refractivity contribution in [3.05, 3.63) is 70.3 Å². The Bertz CT molecular complexity index is 985. The average molecular weight is 553 g/mol. The number of methoxy groups -OCH3 is 1. The monoisotopic (exact) mass is 553 g/mol. The molecule has 2 aromatic rings. The van der Waals surface area contributed by atoms with Crippen LogP contribution in [0.15, 0.2) is 41.4 Å². The van der Waals surface area contributed by atoms with E-state index in [1.807, 2.05) is 0 Å². The number of hydrogen-bond acceptors (Lipinski definition) is 4. The molecule has 0 heterocycles. The van der Waals surface area contributed by atoms with E-state index in [-0.39, 0.29) is 48.7 Å². The molecular formula is C20H26F2IN3O3S. The first-order valence-corrected chi connectivity index (χ1v) is 10.9. The van der Waals surface area contributed by atoms with Gasteiger partial charge in [-0.1, -0.05) is 12.1 Å². The summed E-state index contributed by atoms with van der Waals surface area (Å²) in [6.45, 7) is 0.756. The highest BCUT2D eigenvalue weighted by molar-refractivity contribution is 14.0. The van der Waals surface area contributed by atoms with Gasteiger partial charge >= 0.3 is 0 Å². The van der Waals surface area contributed by atoms with Gasteiger partial charge in [-0.2, -0.15) is 0 Å². The van der Waals surface area contributed by atoms with Crippen LogP contribution in [0, 0.1) is 11.6 Å². The van der Waals surface area contributed by atoms with Gasteiger partial charge in [0.1, 0.15) is 11.6 Å². The van der Waals surface area contributed by atoms with E-state index < -0.39 is 15.7 Å². The number of guanidine groups is 1. The van der Waals surface area contributed by atoms with E-state index >= 15 is 0 Å². The first kappa shape index (κ1) is 26.2. The van der Waals surface area contributed by atoms with Crippen LogP contribution in [0.2, 0.25) is 0 Å². The normalized spacial score (nSPS) is 11.7. The third-order valence-electron chi connectivity index (χ3n) is 4.13. The lowest BCUT2D eigenvalue weighted by atomic mass is 10.1. The van der Waals surface area contributed by atoms with E-state index in [2.05, 4.69) is 15.6 Å². The second-order valence-electron chi connectivity index (χ2n) is 6.62. The maximum absolute atomic E-state index is 13.7. The third-order valence-corrected chi connectivity index (χ3v) is 4.96. The Hall–Kier alpha value is -1.79. The highest BCUT2D eigenvalue weighted by atomic mass is 127. The lowest BCUT2D eigenvalue weighted by Crippen LogP contribution is -2.36. The van der Waals surface area contributed by atoms with E-state index in [0.29, 0.717) is 29.2 Å². The topological polar surface area (TPSA) is 79.8 Å². The van der Waals surface area contributed by atoms with Crippen molar-refractivity contribution in [1.29, 1.82) is 0 Å². The van der Waals surface area contributed by atoms with Crippen molar-refractivity contribution in [2.24, 2.45) is 4.99 Å². The van der Waals surface area contributed by atoms with E-state index in [9.17, 15) is 17.2 Å². The minimum absolute atomic E-state index is 0. The van der Waals surface area contributed by atoms with Crippen LogP contribution in [0.5, 0.6) is 0 Å². The van der Waals surface area contributed by atoms with Gasteiger partial charge in [-0.3, -0.25) is 4.99 Å². The Labute approximate surface area is 193 Å². The summed E-state index contributed by atoms with van der Waals surface area (Å²) in [4.78, 5) is 4.10. The first-order chi connectivity index (χ1) is 13.7. The molecule has 10 heteroatoms. The van der Waals surface area contributed by atoms with Gasteiger partial charge in [-0.25, -0.2) is 17.2 Å². The number of nitrogens with one attached hydrogen (secondary N) is 2. The zero-order chi connectivity index (χ0) is 21.4. The quantitative estimate of drug-likeness (QED) is 0.299. The summed E-state index contributed by atoms with van der Waals surface area (Å²) in [5.41, 5.74) is 2.35. The van der Waals surface area contributed by atoms with Gasteiger partial charge < -0.3 is 15.4 Å². The van der Waals surface area contributed by atoms with Crippen molar-refractivity contribution in [2.75, 3.05) is 20.4 Å². The zero-order valence-electron chi connectivity index (χ0n) is 17.0. The molecule has 6 nitrogen and oxygen atoms in total. The molecule has 0 unspecified atom stereocenters. The Morgan fingerprint density at radius 1 is 1.03 bits per heavy atom. The number of hydrogen-bond donors (Lipinski definition) is 2. The molecule has 0 aliphatic heterocycles. The van der Waals surface area contributed by atoms with Crippen LogP contribution in [0.1, 0.15) is 22.3 Å². The largest absolute Gasteiger partial charge is 0.380 e. The Morgan fingerprint density at radius 2 is 1.73 bits per heavy atom. The van der Waals surface area contributed by atoms with Crippen LogP contribution < -0.4 is 10.6 Å². The highest BCUT2D eigenvalue weighted by Crippen LogP contribution is 2.15. The summed E-state index contributed by atoms with van der Waals surface area (Å²) >= 11 is 0. The van der Waals surface area contributed by atoms with Crippen molar-refractivity contribution in [3.8, 4) is 0 Å². The fourth-order valence-electron chi connectivity index (χ4n) is 2.77. The summed E-state index contributed by atoms with van der Waals surface area (Å²) in [5.74, 6) is -0.507. The fraction of sp³-hybridized carbons (Fsp3) is 0.350. The minimum Gasteiger partial charge on any atom is -0.380 e. The van der Waals surface area contributed by atoms with E-state index in [1.165, 1.54) is 31.4 Å². The maximum Gasteiger partial charge on any atom is 0.191 e. The van der Waals surface area contributed by atoms with Crippen LogP contribution in [0.25, 0.3) is 0 Å². The molecular weight excluding hydrogens is 527 g/mol. The second kappa shape index (κ2) is 12.2. The SMILES string of the molecule is CN=C(NCc1ccc(F)c(COC)c1)NCc1cc(F)ccc1CS(C)(=O)=O.I. The summed E-state index contributed by atoms with van der Waals surface area (Å²) in [5, 5.41) is 6.13. The van der Waals surface area contributed by atoms with Crippen molar-refractivity contribution in [1.82, 2.24) is 10.6 Å². The summed E-state index contributed by atoms with van der Waals surface area (Å²) in [6.07, 6.45) is 1.13. The zero-order valence-corrected chi connectivity index (χ0v) is 20.2. The molecule has 0 saturated carbocycles. The molecule has 2 rings (SSSR count). The molecule has 2 N–H and O–H groups in total. The van der Waals surface area contributed by atoms with Crippen LogP contribution in [0.4, 0.5) is 8.78 Å². The van der Waals surface area contributed by atoms with E-state index in [4.69, 9.17) is 4.74 Å². The molecule has 0 bridgehead atoms. The number of halogens is 3. The number of nitrogens with zero attached hydrogens (tertiary/aromatic N) is 1. The molecule has 2 aromatic carbocycles. The molecule has 0 aliphatic rings. The van der Waals surface area contributed by atoms with Gasteiger partial charge in [-0.15, -0.1) is 24.0 Å².